The predicted octanol–water partition coefficient (Wildman–Crippen LogP) is 4.95. The molecule has 1 aromatic heterocycles. The van der Waals surface area contributed by atoms with E-state index >= 15 is 4.39 Å². The van der Waals surface area contributed by atoms with Crippen molar-refractivity contribution in [3.8, 4) is 0 Å². The summed E-state index contributed by atoms with van der Waals surface area (Å²) in [4.78, 5) is 22.0. The van der Waals surface area contributed by atoms with Crippen LogP contribution < -0.4 is 0 Å². The van der Waals surface area contributed by atoms with Crippen LogP contribution in [0, 0.1) is 0 Å². The molecule has 1 aliphatic carbocycles. The van der Waals surface area contributed by atoms with Crippen molar-refractivity contribution in [2.75, 3.05) is 13.1 Å². The molecule has 6 rings (SSSR count). The fourth-order valence-electron chi connectivity index (χ4n) is 6.31. The standard InChI is InChI=1S/C29H32FN3O2/c30-29(27-11-5-6-14-31-27)12-15-32(16-13-29)18-20-17-23-24(22-8-2-1-7-21(20)22)19-33(28(23)35)25-9-3-4-10-26(25)34/h1-2,5-8,11,14,17,25-26,34H,3-4,9-10,12-13,15-16,18-19H2/t25-,26-/m0/s1. The molecule has 1 saturated carbocycles. The van der Waals surface area contributed by atoms with Crippen LogP contribution in [0.25, 0.3) is 10.8 Å². The fraction of sp³-hybridized carbons (Fsp3) is 0.448. The van der Waals surface area contributed by atoms with Gasteiger partial charge in [-0.15, -0.1) is 0 Å². The summed E-state index contributed by atoms with van der Waals surface area (Å²) in [7, 11) is 0. The van der Waals surface area contributed by atoms with Gasteiger partial charge in [0.15, 0.2) is 5.67 Å². The quantitative estimate of drug-likeness (QED) is 0.582. The molecule has 0 radical (unpaired) electrons. The zero-order chi connectivity index (χ0) is 24.0. The third-order valence-corrected chi connectivity index (χ3v) is 8.32. The minimum Gasteiger partial charge on any atom is -0.391 e. The van der Waals surface area contributed by atoms with Gasteiger partial charge in [-0.05, 0) is 65.8 Å². The molecule has 3 aromatic rings. The van der Waals surface area contributed by atoms with Crippen LogP contribution >= 0.6 is 0 Å². The summed E-state index contributed by atoms with van der Waals surface area (Å²) in [6, 6.07) is 15.7. The number of fused-ring (bicyclic) bond motifs is 3. The Morgan fingerprint density at radius 2 is 1.77 bits per heavy atom. The van der Waals surface area contributed by atoms with Gasteiger partial charge in [0, 0.05) is 37.9 Å². The van der Waals surface area contributed by atoms with E-state index in [1.807, 2.05) is 29.2 Å². The van der Waals surface area contributed by atoms with E-state index in [0.29, 0.717) is 44.7 Å². The van der Waals surface area contributed by atoms with Crippen molar-refractivity contribution in [2.45, 2.75) is 69.4 Å². The van der Waals surface area contributed by atoms with E-state index in [4.69, 9.17) is 0 Å². The SMILES string of the molecule is O=C1c2cc(CN3CCC(F)(c4ccccn4)CC3)c3ccccc3c2CN1[C@H]1CCCC[C@@H]1O. The molecule has 2 atom stereocenters. The molecule has 1 amide bonds. The number of piperidine rings is 1. The molecule has 3 aliphatic rings. The van der Waals surface area contributed by atoms with Crippen molar-refractivity contribution >= 4 is 16.7 Å². The summed E-state index contributed by atoms with van der Waals surface area (Å²) in [6.07, 6.45) is 5.75. The molecule has 2 fully saturated rings. The van der Waals surface area contributed by atoms with Crippen LogP contribution in [0.5, 0.6) is 0 Å². The van der Waals surface area contributed by atoms with E-state index in [1.165, 1.54) is 0 Å². The molecule has 6 heteroatoms. The third kappa shape index (κ3) is 4.03. The number of aliphatic hydroxyl groups excluding tert-OH is 1. The highest BCUT2D eigenvalue weighted by Gasteiger charge is 2.40. The number of benzene rings is 2. The van der Waals surface area contributed by atoms with Crippen molar-refractivity contribution < 1.29 is 14.3 Å². The Morgan fingerprint density at radius 1 is 1.03 bits per heavy atom. The smallest absolute Gasteiger partial charge is 0.254 e. The predicted molar refractivity (Wildman–Crippen MR) is 134 cm³/mol. The van der Waals surface area contributed by atoms with Gasteiger partial charge < -0.3 is 10.0 Å². The number of hydrogen-bond donors (Lipinski definition) is 1. The lowest BCUT2D eigenvalue weighted by atomic mass is 9.89. The van der Waals surface area contributed by atoms with Crippen molar-refractivity contribution in [3.05, 3.63) is 77.1 Å². The molecule has 2 aromatic carbocycles. The Morgan fingerprint density at radius 3 is 2.51 bits per heavy atom. The summed E-state index contributed by atoms with van der Waals surface area (Å²) < 4.78 is 15.6. The topological polar surface area (TPSA) is 56.7 Å². The maximum absolute atomic E-state index is 15.6. The molecule has 2 aliphatic heterocycles. The zero-order valence-corrected chi connectivity index (χ0v) is 20.0. The minimum absolute atomic E-state index is 0.0366. The second-order valence-electron chi connectivity index (χ2n) is 10.4. The Hall–Kier alpha value is -2.83. The number of aliphatic hydroxyl groups is 1. The Labute approximate surface area is 205 Å². The first-order valence-electron chi connectivity index (χ1n) is 12.9. The lowest BCUT2D eigenvalue weighted by Gasteiger charge is -2.36. The van der Waals surface area contributed by atoms with Gasteiger partial charge in [-0.25, -0.2) is 4.39 Å². The highest BCUT2D eigenvalue weighted by atomic mass is 19.1. The van der Waals surface area contributed by atoms with Gasteiger partial charge >= 0.3 is 0 Å². The first-order valence-corrected chi connectivity index (χ1v) is 12.9. The van der Waals surface area contributed by atoms with Gasteiger partial charge in [0.1, 0.15) is 0 Å². The molecular weight excluding hydrogens is 441 g/mol. The number of likely N-dealkylation sites (tertiary alicyclic amines) is 1. The van der Waals surface area contributed by atoms with Crippen LogP contribution in [0.15, 0.2) is 54.7 Å². The number of amides is 1. The highest BCUT2D eigenvalue weighted by Crippen LogP contribution is 2.39. The zero-order valence-electron chi connectivity index (χ0n) is 20.0. The molecule has 1 N–H and O–H groups in total. The van der Waals surface area contributed by atoms with Crippen LogP contribution in [-0.2, 0) is 18.8 Å². The van der Waals surface area contributed by atoms with Gasteiger partial charge in [0.25, 0.3) is 5.91 Å². The van der Waals surface area contributed by atoms with Crippen molar-refractivity contribution in [3.63, 3.8) is 0 Å². The van der Waals surface area contributed by atoms with Crippen LogP contribution in [0.1, 0.15) is 65.7 Å². The van der Waals surface area contributed by atoms with Crippen LogP contribution in [0.2, 0.25) is 0 Å². The lowest BCUT2D eigenvalue weighted by Crippen LogP contribution is -2.45. The summed E-state index contributed by atoms with van der Waals surface area (Å²) in [5.41, 5.74) is 2.10. The van der Waals surface area contributed by atoms with Gasteiger partial charge in [-0.1, -0.05) is 43.2 Å². The third-order valence-electron chi connectivity index (χ3n) is 8.32. The van der Waals surface area contributed by atoms with Gasteiger partial charge in [0.2, 0.25) is 0 Å². The molecule has 0 unspecified atom stereocenters. The molecule has 1 saturated heterocycles. The molecule has 0 bridgehead atoms. The van der Waals surface area contributed by atoms with Crippen molar-refractivity contribution in [1.82, 2.24) is 14.8 Å². The van der Waals surface area contributed by atoms with Crippen molar-refractivity contribution in [2.24, 2.45) is 0 Å². The largest absolute Gasteiger partial charge is 0.391 e. The first-order chi connectivity index (χ1) is 17.0. The van der Waals surface area contributed by atoms with E-state index < -0.39 is 11.8 Å². The number of halogens is 1. The number of nitrogens with zero attached hydrogens (tertiary/aromatic N) is 3. The number of alkyl halides is 1. The minimum atomic E-state index is -1.38. The number of rotatable bonds is 4. The molecule has 35 heavy (non-hydrogen) atoms. The van der Waals surface area contributed by atoms with Gasteiger partial charge in [-0.2, -0.15) is 0 Å². The van der Waals surface area contributed by atoms with E-state index in [1.54, 1.807) is 12.3 Å². The molecule has 182 valence electrons. The van der Waals surface area contributed by atoms with Gasteiger partial charge in [-0.3, -0.25) is 14.7 Å². The first kappa shape index (κ1) is 22.6. The van der Waals surface area contributed by atoms with Gasteiger partial charge in [0.05, 0.1) is 17.8 Å². The van der Waals surface area contributed by atoms with Crippen molar-refractivity contribution in [1.29, 1.82) is 0 Å². The number of aromatic nitrogens is 1. The average molecular weight is 474 g/mol. The second-order valence-corrected chi connectivity index (χ2v) is 10.4. The fourth-order valence-corrected chi connectivity index (χ4v) is 6.31. The number of carbonyl (C=O) groups is 1. The summed E-state index contributed by atoms with van der Waals surface area (Å²) in [6.45, 7) is 2.54. The summed E-state index contributed by atoms with van der Waals surface area (Å²) in [5, 5.41) is 12.9. The number of carbonyl (C=O) groups excluding carboxylic acids is 1. The summed E-state index contributed by atoms with van der Waals surface area (Å²) >= 11 is 0. The Bertz CT molecular complexity index is 1240. The normalized spacial score (nSPS) is 24.6. The lowest BCUT2D eigenvalue weighted by molar-refractivity contribution is 0.0192. The summed E-state index contributed by atoms with van der Waals surface area (Å²) in [5.74, 6) is 0.0366. The molecular formula is C29H32FN3O2. The average Bonchev–Trinajstić information content (AvgIpc) is 3.22. The Balaban J connectivity index is 1.26. The second kappa shape index (κ2) is 8.99. The Kier molecular flexibility index (Phi) is 5.81. The van der Waals surface area contributed by atoms with E-state index in [2.05, 4.69) is 28.1 Å². The number of pyridine rings is 1. The van der Waals surface area contributed by atoms with E-state index in [-0.39, 0.29) is 11.9 Å². The van der Waals surface area contributed by atoms with Crippen LogP contribution in [0.3, 0.4) is 0 Å². The maximum atomic E-state index is 15.6. The molecule has 5 nitrogen and oxygen atoms in total. The van der Waals surface area contributed by atoms with Crippen LogP contribution in [-0.4, -0.2) is 51.0 Å². The van der Waals surface area contributed by atoms with Crippen LogP contribution in [0.4, 0.5) is 4.39 Å². The number of hydrogen-bond acceptors (Lipinski definition) is 4. The molecule has 3 heterocycles. The highest BCUT2D eigenvalue weighted by molar-refractivity contribution is 6.05. The monoisotopic (exact) mass is 473 g/mol. The maximum Gasteiger partial charge on any atom is 0.254 e. The van der Waals surface area contributed by atoms with E-state index in [9.17, 15) is 9.90 Å². The molecule has 0 spiro atoms. The van der Waals surface area contributed by atoms with E-state index in [0.717, 1.165) is 53.1 Å².